The second-order valence-electron chi connectivity index (χ2n) is 6.34. The van der Waals surface area contributed by atoms with Crippen molar-refractivity contribution in [2.75, 3.05) is 13.6 Å². The van der Waals surface area contributed by atoms with Gasteiger partial charge in [-0.2, -0.15) is 0 Å². The van der Waals surface area contributed by atoms with Crippen LogP contribution in [-0.4, -0.2) is 41.9 Å². The van der Waals surface area contributed by atoms with Crippen LogP contribution in [-0.2, 0) is 9.59 Å². The monoisotopic (exact) mass is 267 g/mol. The standard InChI is InChI=1S/C14H25N3O2/c1-10-4-3-7-14(15,8-10)13(19)16-11-5-6-12(18)17(2)9-11/h10-11H,3-9,15H2,1-2H3,(H,16,19). The summed E-state index contributed by atoms with van der Waals surface area (Å²) in [5, 5.41) is 3.04. The van der Waals surface area contributed by atoms with Crippen molar-refractivity contribution in [2.24, 2.45) is 11.7 Å². The molecule has 0 aromatic heterocycles. The van der Waals surface area contributed by atoms with Crippen LogP contribution in [0.4, 0.5) is 0 Å². The summed E-state index contributed by atoms with van der Waals surface area (Å²) in [6, 6.07) is 0.0489. The largest absolute Gasteiger partial charge is 0.350 e. The average Bonchev–Trinajstić information content (AvgIpc) is 2.33. The Hall–Kier alpha value is -1.10. The maximum atomic E-state index is 12.4. The second-order valence-corrected chi connectivity index (χ2v) is 6.34. The highest BCUT2D eigenvalue weighted by Gasteiger charge is 2.39. The lowest BCUT2D eigenvalue weighted by Gasteiger charge is -2.38. The molecule has 5 heteroatoms. The molecular formula is C14H25N3O2. The summed E-state index contributed by atoms with van der Waals surface area (Å²) in [6.07, 6.45) is 4.95. The summed E-state index contributed by atoms with van der Waals surface area (Å²) in [6.45, 7) is 2.75. The number of carbonyl (C=O) groups is 2. The van der Waals surface area contributed by atoms with Gasteiger partial charge in [-0.1, -0.05) is 19.8 Å². The highest BCUT2D eigenvalue weighted by Crippen LogP contribution is 2.30. The SMILES string of the molecule is CC1CCCC(N)(C(=O)NC2CCC(=O)N(C)C2)C1. The molecule has 1 saturated heterocycles. The molecule has 2 fully saturated rings. The Bertz CT molecular complexity index is 372. The van der Waals surface area contributed by atoms with Crippen LogP contribution in [0.25, 0.3) is 0 Å². The first-order valence-corrected chi connectivity index (χ1v) is 7.24. The molecule has 1 saturated carbocycles. The van der Waals surface area contributed by atoms with E-state index in [9.17, 15) is 9.59 Å². The Labute approximate surface area is 114 Å². The molecular weight excluding hydrogens is 242 g/mol. The Morgan fingerprint density at radius 1 is 1.47 bits per heavy atom. The molecule has 2 amide bonds. The van der Waals surface area contributed by atoms with E-state index in [1.165, 1.54) is 0 Å². The maximum absolute atomic E-state index is 12.4. The molecule has 2 aliphatic rings. The molecule has 0 aromatic carbocycles. The van der Waals surface area contributed by atoms with Gasteiger partial charge in [-0.05, 0) is 25.2 Å². The van der Waals surface area contributed by atoms with Crippen LogP contribution < -0.4 is 11.1 Å². The summed E-state index contributed by atoms with van der Waals surface area (Å²) in [4.78, 5) is 25.5. The number of carbonyl (C=O) groups excluding carboxylic acids is 2. The van der Waals surface area contributed by atoms with Crippen LogP contribution in [0.2, 0.25) is 0 Å². The lowest BCUT2D eigenvalue weighted by molar-refractivity contribution is -0.135. The van der Waals surface area contributed by atoms with E-state index in [4.69, 9.17) is 5.73 Å². The topological polar surface area (TPSA) is 75.4 Å². The molecule has 0 radical (unpaired) electrons. The number of likely N-dealkylation sites (N-methyl/N-ethyl adjacent to an activating group) is 1. The minimum absolute atomic E-state index is 0.0354. The number of nitrogens with one attached hydrogen (secondary N) is 1. The van der Waals surface area contributed by atoms with E-state index < -0.39 is 5.54 Å². The lowest BCUT2D eigenvalue weighted by Crippen LogP contribution is -2.60. The molecule has 5 nitrogen and oxygen atoms in total. The molecule has 1 aliphatic heterocycles. The van der Waals surface area contributed by atoms with E-state index in [1.807, 2.05) is 0 Å². The lowest BCUT2D eigenvalue weighted by atomic mass is 9.76. The molecule has 108 valence electrons. The average molecular weight is 267 g/mol. The third kappa shape index (κ3) is 3.26. The predicted octanol–water partition coefficient (Wildman–Crippen LogP) is 0.631. The number of likely N-dealkylation sites (tertiary alicyclic amines) is 1. The van der Waals surface area contributed by atoms with Gasteiger partial charge in [-0.3, -0.25) is 9.59 Å². The minimum atomic E-state index is -0.711. The zero-order valence-electron chi connectivity index (χ0n) is 11.9. The van der Waals surface area contributed by atoms with E-state index in [0.717, 1.165) is 32.1 Å². The molecule has 0 aromatic rings. The highest BCUT2D eigenvalue weighted by atomic mass is 16.2. The fourth-order valence-corrected chi connectivity index (χ4v) is 3.26. The fourth-order valence-electron chi connectivity index (χ4n) is 3.26. The summed E-state index contributed by atoms with van der Waals surface area (Å²) >= 11 is 0. The number of nitrogens with zero attached hydrogens (tertiary/aromatic N) is 1. The van der Waals surface area contributed by atoms with Crippen molar-refractivity contribution in [3.05, 3.63) is 0 Å². The van der Waals surface area contributed by atoms with Crippen molar-refractivity contribution in [3.8, 4) is 0 Å². The molecule has 1 aliphatic carbocycles. The van der Waals surface area contributed by atoms with Crippen molar-refractivity contribution in [3.63, 3.8) is 0 Å². The molecule has 0 spiro atoms. The van der Waals surface area contributed by atoms with Gasteiger partial charge < -0.3 is 16.0 Å². The van der Waals surface area contributed by atoms with Gasteiger partial charge in [0.2, 0.25) is 11.8 Å². The van der Waals surface area contributed by atoms with E-state index >= 15 is 0 Å². The van der Waals surface area contributed by atoms with Crippen molar-refractivity contribution in [1.29, 1.82) is 0 Å². The smallest absolute Gasteiger partial charge is 0.240 e. The van der Waals surface area contributed by atoms with Crippen LogP contribution in [0.15, 0.2) is 0 Å². The van der Waals surface area contributed by atoms with E-state index in [-0.39, 0.29) is 17.9 Å². The van der Waals surface area contributed by atoms with Gasteiger partial charge >= 0.3 is 0 Å². The van der Waals surface area contributed by atoms with Gasteiger partial charge in [0.1, 0.15) is 0 Å². The molecule has 19 heavy (non-hydrogen) atoms. The molecule has 3 atom stereocenters. The van der Waals surface area contributed by atoms with Gasteiger partial charge in [0.15, 0.2) is 0 Å². The van der Waals surface area contributed by atoms with Crippen molar-refractivity contribution in [1.82, 2.24) is 10.2 Å². The van der Waals surface area contributed by atoms with Gasteiger partial charge in [-0.15, -0.1) is 0 Å². The van der Waals surface area contributed by atoms with Crippen molar-refractivity contribution < 1.29 is 9.59 Å². The Kier molecular flexibility index (Phi) is 4.13. The molecule has 3 N–H and O–H groups in total. The third-order valence-corrected chi connectivity index (χ3v) is 4.45. The zero-order valence-corrected chi connectivity index (χ0v) is 11.9. The maximum Gasteiger partial charge on any atom is 0.240 e. The fraction of sp³-hybridized carbons (Fsp3) is 0.857. The molecule has 3 unspecified atom stereocenters. The summed E-state index contributed by atoms with van der Waals surface area (Å²) in [7, 11) is 1.78. The van der Waals surface area contributed by atoms with Gasteiger partial charge in [0, 0.05) is 26.1 Å². The molecule has 0 bridgehead atoms. The van der Waals surface area contributed by atoms with Crippen LogP contribution in [0, 0.1) is 5.92 Å². The van der Waals surface area contributed by atoms with Crippen molar-refractivity contribution in [2.45, 2.75) is 57.0 Å². The summed E-state index contributed by atoms with van der Waals surface area (Å²) in [5.74, 6) is 0.631. The number of nitrogens with two attached hydrogens (primary N) is 1. The number of hydrogen-bond donors (Lipinski definition) is 2. The van der Waals surface area contributed by atoms with E-state index in [0.29, 0.717) is 18.9 Å². The van der Waals surface area contributed by atoms with Crippen molar-refractivity contribution >= 4 is 11.8 Å². The summed E-state index contributed by atoms with van der Waals surface area (Å²) < 4.78 is 0. The Balaban J connectivity index is 1.91. The summed E-state index contributed by atoms with van der Waals surface area (Å²) in [5.41, 5.74) is 5.57. The first kappa shape index (κ1) is 14.3. The number of hydrogen-bond acceptors (Lipinski definition) is 3. The van der Waals surface area contributed by atoms with E-state index in [2.05, 4.69) is 12.2 Å². The van der Waals surface area contributed by atoms with Crippen LogP contribution in [0.5, 0.6) is 0 Å². The second kappa shape index (κ2) is 5.49. The number of rotatable bonds is 2. The van der Waals surface area contributed by atoms with Gasteiger partial charge in [0.25, 0.3) is 0 Å². The highest BCUT2D eigenvalue weighted by molar-refractivity contribution is 5.86. The third-order valence-electron chi connectivity index (χ3n) is 4.45. The van der Waals surface area contributed by atoms with Gasteiger partial charge in [-0.25, -0.2) is 0 Å². The first-order chi connectivity index (χ1) is 8.90. The first-order valence-electron chi connectivity index (χ1n) is 7.24. The van der Waals surface area contributed by atoms with Gasteiger partial charge in [0.05, 0.1) is 5.54 Å². The zero-order chi connectivity index (χ0) is 14.0. The van der Waals surface area contributed by atoms with Crippen LogP contribution in [0.3, 0.4) is 0 Å². The Morgan fingerprint density at radius 2 is 2.21 bits per heavy atom. The molecule has 2 rings (SSSR count). The van der Waals surface area contributed by atoms with Crippen LogP contribution >= 0.6 is 0 Å². The number of amides is 2. The minimum Gasteiger partial charge on any atom is -0.350 e. The quantitative estimate of drug-likeness (QED) is 0.770. The normalized spacial score (nSPS) is 36.2. The van der Waals surface area contributed by atoms with Crippen LogP contribution in [0.1, 0.15) is 45.4 Å². The van der Waals surface area contributed by atoms with E-state index in [1.54, 1.807) is 11.9 Å². The number of piperidine rings is 1. The predicted molar refractivity (Wildman–Crippen MR) is 73.4 cm³/mol. The Morgan fingerprint density at radius 3 is 2.84 bits per heavy atom. The molecule has 1 heterocycles.